The molecule has 0 spiro atoms. The van der Waals surface area contributed by atoms with Crippen molar-refractivity contribution < 1.29 is 13.2 Å². The van der Waals surface area contributed by atoms with Gasteiger partial charge < -0.3 is 15.4 Å². The predicted octanol–water partition coefficient (Wildman–Crippen LogP) is 2.04. The summed E-state index contributed by atoms with van der Waals surface area (Å²) in [5, 5.41) is 6.42. The van der Waals surface area contributed by atoms with Crippen LogP contribution >= 0.6 is 0 Å². The van der Waals surface area contributed by atoms with E-state index in [2.05, 4.69) is 20.6 Å². The molecule has 2 aliphatic rings. The van der Waals surface area contributed by atoms with E-state index in [1.165, 1.54) is 19.3 Å². The quantitative estimate of drug-likeness (QED) is 0.567. The summed E-state index contributed by atoms with van der Waals surface area (Å²) in [7, 11) is -2.91. The fraction of sp³-hybridized carbons (Fsp3) is 0.684. The molecule has 0 aromatic carbocycles. The van der Waals surface area contributed by atoms with Gasteiger partial charge in [-0.15, -0.1) is 0 Å². The molecular formula is C19H30N4O3S. The lowest BCUT2D eigenvalue weighted by atomic mass is 9.98. The number of guanidine groups is 1. The standard InChI is InChI=1S/C19H30N4O3S/c1-2-20-19(23-16-9-11-27(24,25)14-16)22-13-15-8-10-21-18(12-15)26-17-6-4-3-5-7-17/h8,10,12,16-17H,2-7,9,11,13-14H2,1H3,(H2,20,22,23). The molecule has 1 aromatic rings. The molecule has 1 unspecified atom stereocenters. The molecule has 1 aliphatic heterocycles. The molecule has 1 aromatic heterocycles. The Bertz CT molecular complexity index is 745. The maximum absolute atomic E-state index is 11.6. The van der Waals surface area contributed by atoms with E-state index < -0.39 is 9.84 Å². The van der Waals surface area contributed by atoms with E-state index in [1.807, 2.05) is 19.1 Å². The average Bonchev–Trinajstić information content (AvgIpc) is 2.99. The SMILES string of the molecule is CCNC(=NCc1ccnc(OC2CCCCC2)c1)NC1CCS(=O)(=O)C1. The van der Waals surface area contributed by atoms with E-state index in [0.717, 1.165) is 24.9 Å². The monoisotopic (exact) mass is 394 g/mol. The third-order valence-corrected chi connectivity index (χ3v) is 6.74. The normalized spacial score (nSPS) is 23.1. The Morgan fingerprint density at radius 3 is 2.81 bits per heavy atom. The largest absolute Gasteiger partial charge is 0.474 e. The molecule has 150 valence electrons. The summed E-state index contributed by atoms with van der Waals surface area (Å²) in [6.07, 6.45) is 8.60. The lowest BCUT2D eigenvalue weighted by Crippen LogP contribution is -2.44. The Balaban J connectivity index is 1.59. The number of sulfone groups is 1. The maximum Gasteiger partial charge on any atom is 0.213 e. The van der Waals surface area contributed by atoms with Crippen LogP contribution in [0.25, 0.3) is 0 Å². The number of rotatable bonds is 6. The van der Waals surface area contributed by atoms with Gasteiger partial charge in [0.2, 0.25) is 5.88 Å². The van der Waals surface area contributed by atoms with Gasteiger partial charge in [-0.25, -0.2) is 18.4 Å². The first-order valence-corrected chi connectivity index (χ1v) is 11.7. The Labute approximate surface area is 161 Å². The summed E-state index contributed by atoms with van der Waals surface area (Å²) in [4.78, 5) is 8.93. The zero-order chi connectivity index (χ0) is 19.1. The predicted molar refractivity (Wildman–Crippen MR) is 107 cm³/mol. The van der Waals surface area contributed by atoms with Gasteiger partial charge in [0.25, 0.3) is 0 Å². The van der Waals surface area contributed by atoms with Crippen LogP contribution in [-0.4, -0.2) is 49.6 Å². The van der Waals surface area contributed by atoms with Crippen LogP contribution in [0.2, 0.25) is 0 Å². The zero-order valence-corrected chi connectivity index (χ0v) is 16.8. The first kappa shape index (κ1) is 19.9. The fourth-order valence-electron chi connectivity index (χ4n) is 3.56. The average molecular weight is 395 g/mol. The van der Waals surface area contributed by atoms with Crippen molar-refractivity contribution in [2.24, 2.45) is 4.99 Å². The number of hydrogen-bond acceptors (Lipinski definition) is 5. The van der Waals surface area contributed by atoms with Gasteiger partial charge in [-0.3, -0.25) is 0 Å². The first-order chi connectivity index (χ1) is 13.0. The maximum atomic E-state index is 11.6. The van der Waals surface area contributed by atoms with Crippen LogP contribution in [0.3, 0.4) is 0 Å². The molecule has 2 heterocycles. The number of nitrogens with zero attached hydrogens (tertiary/aromatic N) is 2. The van der Waals surface area contributed by atoms with Crippen molar-refractivity contribution in [3.05, 3.63) is 23.9 Å². The van der Waals surface area contributed by atoms with Gasteiger partial charge in [0.05, 0.1) is 18.1 Å². The second-order valence-electron chi connectivity index (χ2n) is 7.32. The van der Waals surface area contributed by atoms with Crippen molar-refractivity contribution in [1.82, 2.24) is 15.6 Å². The highest BCUT2D eigenvalue weighted by Crippen LogP contribution is 2.22. The van der Waals surface area contributed by atoms with Crippen LogP contribution in [0.15, 0.2) is 23.3 Å². The molecule has 8 heteroatoms. The second-order valence-corrected chi connectivity index (χ2v) is 9.55. The van der Waals surface area contributed by atoms with Gasteiger partial charge >= 0.3 is 0 Å². The molecule has 1 atom stereocenters. The van der Waals surface area contributed by atoms with Gasteiger partial charge in [0, 0.05) is 24.8 Å². The number of aliphatic imine (C=N–C) groups is 1. The highest BCUT2D eigenvalue weighted by atomic mass is 32.2. The lowest BCUT2D eigenvalue weighted by Gasteiger charge is -2.22. The van der Waals surface area contributed by atoms with Crippen LogP contribution in [-0.2, 0) is 16.4 Å². The number of ether oxygens (including phenoxy) is 1. The van der Waals surface area contributed by atoms with E-state index in [4.69, 9.17) is 4.74 Å². The van der Waals surface area contributed by atoms with Gasteiger partial charge in [-0.1, -0.05) is 6.42 Å². The molecule has 0 radical (unpaired) electrons. The highest BCUT2D eigenvalue weighted by molar-refractivity contribution is 7.91. The van der Waals surface area contributed by atoms with E-state index in [-0.39, 0.29) is 23.7 Å². The van der Waals surface area contributed by atoms with Gasteiger partial charge in [-0.2, -0.15) is 0 Å². The topological polar surface area (TPSA) is 92.7 Å². The number of hydrogen-bond donors (Lipinski definition) is 2. The third kappa shape index (κ3) is 6.37. The number of nitrogens with one attached hydrogen (secondary N) is 2. The van der Waals surface area contributed by atoms with E-state index >= 15 is 0 Å². The number of aromatic nitrogens is 1. The summed E-state index contributed by atoms with van der Waals surface area (Å²) in [5.74, 6) is 1.73. The lowest BCUT2D eigenvalue weighted by molar-refractivity contribution is 0.148. The Morgan fingerprint density at radius 2 is 2.11 bits per heavy atom. The molecule has 3 rings (SSSR count). The second kappa shape index (κ2) is 9.39. The Kier molecular flexibility index (Phi) is 6.93. The summed E-state index contributed by atoms with van der Waals surface area (Å²) in [5.41, 5.74) is 1.02. The van der Waals surface area contributed by atoms with E-state index in [0.29, 0.717) is 24.8 Å². The van der Waals surface area contributed by atoms with Crippen molar-refractivity contribution in [3.8, 4) is 5.88 Å². The minimum atomic E-state index is -2.91. The first-order valence-electron chi connectivity index (χ1n) is 9.91. The molecule has 7 nitrogen and oxygen atoms in total. The van der Waals surface area contributed by atoms with Crippen LogP contribution in [0, 0.1) is 0 Å². The van der Waals surface area contributed by atoms with E-state index in [1.54, 1.807) is 6.20 Å². The van der Waals surface area contributed by atoms with Gasteiger partial charge in [-0.05, 0) is 50.7 Å². The van der Waals surface area contributed by atoms with Crippen molar-refractivity contribution in [2.75, 3.05) is 18.1 Å². The Hall–Kier alpha value is -1.83. The van der Waals surface area contributed by atoms with Crippen LogP contribution in [0.1, 0.15) is 51.0 Å². The molecule has 0 amide bonds. The molecule has 27 heavy (non-hydrogen) atoms. The molecule has 0 bridgehead atoms. The minimum absolute atomic E-state index is 0.0737. The summed E-state index contributed by atoms with van der Waals surface area (Å²) in [6.45, 7) is 3.20. The molecule has 1 aliphatic carbocycles. The van der Waals surface area contributed by atoms with Gasteiger partial charge in [0.15, 0.2) is 15.8 Å². The molecular weight excluding hydrogens is 364 g/mol. The molecule has 2 N–H and O–H groups in total. The summed E-state index contributed by atoms with van der Waals surface area (Å²) in [6, 6.07) is 3.80. The van der Waals surface area contributed by atoms with Crippen molar-refractivity contribution >= 4 is 15.8 Å². The summed E-state index contributed by atoms with van der Waals surface area (Å²) < 4.78 is 29.3. The fourth-order valence-corrected chi connectivity index (χ4v) is 5.23. The van der Waals surface area contributed by atoms with Gasteiger partial charge in [0.1, 0.15) is 6.10 Å². The van der Waals surface area contributed by atoms with Crippen LogP contribution in [0.5, 0.6) is 5.88 Å². The summed E-state index contributed by atoms with van der Waals surface area (Å²) >= 11 is 0. The van der Waals surface area contributed by atoms with Crippen LogP contribution in [0.4, 0.5) is 0 Å². The van der Waals surface area contributed by atoms with Crippen molar-refractivity contribution in [3.63, 3.8) is 0 Å². The highest BCUT2D eigenvalue weighted by Gasteiger charge is 2.28. The van der Waals surface area contributed by atoms with Crippen LogP contribution < -0.4 is 15.4 Å². The minimum Gasteiger partial charge on any atom is -0.474 e. The van der Waals surface area contributed by atoms with Crippen molar-refractivity contribution in [1.29, 1.82) is 0 Å². The molecule has 2 fully saturated rings. The zero-order valence-electron chi connectivity index (χ0n) is 16.0. The Morgan fingerprint density at radius 1 is 1.30 bits per heavy atom. The smallest absolute Gasteiger partial charge is 0.213 e. The molecule has 1 saturated carbocycles. The van der Waals surface area contributed by atoms with Crippen molar-refractivity contribution in [2.45, 2.75) is 64.1 Å². The molecule has 1 saturated heterocycles. The third-order valence-electron chi connectivity index (χ3n) is 4.98. The van der Waals surface area contributed by atoms with E-state index in [9.17, 15) is 8.42 Å². The number of pyridine rings is 1.